The van der Waals surface area contributed by atoms with Gasteiger partial charge in [-0.05, 0) is 36.6 Å². The molecule has 0 saturated heterocycles. The molecule has 0 saturated carbocycles. The van der Waals surface area contributed by atoms with Crippen LogP contribution in [-0.2, 0) is 13.2 Å². The number of imidazole rings is 1. The van der Waals surface area contributed by atoms with Gasteiger partial charge < -0.3 is 9.30 Å². The number of halogens is 1. The van der Waals surface area contributed by atoms with E-state index in [-0.39, 0.29) is 0 Å². The maximum atomic E-state index is 6.09. The normalized spacial score (nSPS) is 11.2. The molecule has 0 N–H and O–H groups in total. The quantitative estimate of drug-likeness (QED) is 0.496. The van der Waals surface area contributed by atoms with Crippen LogP contribution >= 0.6 is 11.6 Å². The van der Waals surface area contributed by atoms with Gasteiger partial charge in [-0.1, -0.05) is 48.0 Å². The molecular formula is C20H17ClN2O. The number of nitrogens with zero attached hydrogens (tertiary/aromatic N) is 2. The summed E-state index contributed by atoms with van der Waals surface area (Å²) in [5, 5.41) is 2.98. The number of benzene rings is 3. The predicted octanol–water partition coefficient (Wildman–Crippen LogP) is 5.44. The van der Waals surface area contributed by atoms with E-state index in [2.05, 4.69) is 29.7 Å². The first kappa shape index (κ1) is 15.0. The zero-order valence-corrected chi connectivity index (χ0v) is 14.1. The summed E-state index contributed by atoms with van der Waals surface area (Å²) in [5.74, 6) is 1.78. The molecule has 24 heavy (non-hydrogen) atoms. The molecule has 0 aliphatic rings. The first-order valence-corrected chi connectivity index (χ1v) is 8.39. The van der Waals surface area contributed by atoms with E-state index in [0.29, 0.717) is 11.6 Å². The van der Waals surface area contributed by atoms with E-state index in [0.717, 1.165) is 34.5 Å². The molecule has 4 heteroatoms. The highest BCUT2D eigenvalue weighted by Crippen LogP contribution is 2.27. The monoisotopic (exact) mass is 336 g/mol. The molecule has 0 unspecified atom stereocenters. The second-order valence-corrected chi connectivity index (χ2v) is 6.11. The van der Waals surface area contributed by atoms with Crippen molar-refractivity contribution in [1.29, 1.82) is 0 Å². The number of hydrogen-bond acceptors (Lipinski definition) is 2. The molecule has 0 atom stereocenters. The average molecular weight is 337 g/mol. The van der Waals surface area contributed by atoms with Gasteiger partial charge in [-0.2, -0.15) is 0 Å². The Labute approximate surface area is 145 Å². The molecule has 0 aliphatic carbocycles. The predicted molar refractivity (Wildman–Crippen MR) is 98.7 cm³/mol. The number of fused-ring (bicyclic) bond motifs is 2. The van der Waals surface area contributed by atoms with Gasteiger partial charge in [0.2, 0.25) is 0 Å². The second kappa shape index (κ2) is 6.17. The zero-order chi connectivity index (χ0) is 16.5. The number of hydrogen-bond donors (Lipinski definition) is 0. The minimum atomic E-state index is 0.425. The molecule has 0 amide bonds. The fourth-order valence-electron chi connectivity index (χ4n) is 3.08. The smallest absolute Gasteiger partial charge is 0.147 e. The standard InChI is InChI=1S/C20H17ClN2O/c1-2-23-18-11-10-15(21)12-17(18)22-20(23)13-24-19-9-5-7-14-6-3-4-8-16(14)19/h3-12H,2,13H2,1H3. The molecule has 1 aromatic heterocycles. The van der Waals surface area contributed by atoms with Crippen molar-refractivity contribution in [3.63, 3.8) is 0 Å². The van der Waals surface area contributed by atoms with Crippen molar-refractivity contribution in [2.45, 2.75) is 20.1 Å². The van der Waals surface area contributed by atoms with Crippen molar-refractivity contribution in [3.8, 4) is 5.75 Å². The maximum Gasteiger partial charge on any atom is 0.147 e. The van der Waals surface area contributed by atoms with Crippen LogP contribution in [0, 0.1) is 0 Å². The number of aryl methyl sites for hydroxylation is 1. The van der Waals surface area contributed by atoms with Crippen LogP contribution in [-0.4, -0.2) is 9.55 Å². The van der Waals surface area contributed by atoms with Crippen molar-refractivity contribution in [2.75, 3.05) is 0 Å². The highest BCUT2D eigenvalue weighted by molar-refractivity contribution is 6.31. The highest BCUT2D eigenvalue weighted by atomic mass is 35.5. The van der Waals surface area contributed by atoms with Crippen LogP contribution in [0.2, 0.25) is 5.02 Å². The first-order valence-electron chi connectivity index (χ1n) is 8.01. The minimum Gasteiger partial charge on any atom is -0.485 e. The lowest BCUT2D eigenvalue weighted by Gasteiger charge is -2.10. The van der Waals surface area contributed by atoms with E-state index in [4.69, 9.17) is 21.3 Å². The Morgan fingerprint density at radius 2 is 1.88 bits per heavy atom. The number of ether oxygens (including phenoxy) is 1. The SMILES string of the molecule is CCn1c(COc2cccc3ccccc23)nc2cc(Cl)ccc21. The summed E-state index contributed by atoms with van der Waals surface area (Å²) in [6.07, 6.45) is 0. The summed E-state index contributed by atoms with van der Waals surface area (Å²) in [6, 6.07) is 20.1. The van der Waals surface area contributed by atoms with Gasteiger partial charge in [0.25, 0.3) is 0 Å². The van der Waals surface area contributed by atoms with E-state index >= 15 is 0 Å². The van der Waals surface area contributed by atoms with Gasteiger partial charge in [-0.25, -0.2) is 4.98 Å². The van der Waals surface area contributed by atoms with Crippen LogP contribution in [0.4, 0.5) is 0 Å². The Morgan fingerprint density at radius 1 is 1.04 bits per heavy atom. The lowest BCUT2D eigenvalue weighted by atomic mass is 10.1. The highest BCUT2D eigenvalue weighted by Gasteiger charge is 2.11. The van der Waals surface area contributed by atoms with Crippen molar-refractivity contribution in [1.82, 2.24) is 9.55 Å². The van der Waals surface area contributed by atoms with E-state index in [9.17, 15) is 0 Å². The van der Waals surface area contributed by atoms with Gasteiger partial charge >= 0.3 is 0 Å². The number of rotatable bonds is 4. The fraction of sp³-hybridized carbons (Fsp3) is 0.150. The van der Waals surface area contributed by atoms with E-state index in [1.165, 1.54) is 5.39 Å². The van der Waals surface area contributed by atoms with Gasteiger partial charge in [0.05, 0.1) is 11.0 Å². The molecule has 0 fully saturated rings. The Kier molecular flexibility index (Phi) is 3.87. The molecule has 3 nitrogen and oxygen atoms in total. The van der Waals surface area contributed by atoms with Gasteiger partial charge in [-0.15, -0.1) is 0 Å². The summed E-state index contributed by atoms with van der Waals surface area (Å²) in [5.41, 5.74) is 1.99. The molecule has 0 aliphatic heterocycles. The Balaban J connectivity index is 1.69. The van der Waals surface area contributed by atoms with Crippen molar-refractivity contribution in [2.24, 2.45) is 0 Å². The van der Waals surface area contributed by atoms with Crippen LogP contribution in [0.5, 0.6) is 5.75 Å². The summed E-state index contributed by atoms with van der Waals surface area (Å²) < 4.78 is 8.25. The van der Waals surface area contributed by atoms with E-state index in [1.807, 2.05) is 42.5 Å². The molecule has 0 bridgehead atoms. The third kappa shape index (κ3) is 2.61. The Hall–Kier alpha value is -2.52. The van der Waals surface area contributed by atoms with Gasteiger partial charge in [-0.3, -0.25) is 0 Å². The fourth-order valence-corrected chi connectivity index (χ4v) is 3.25. The molecular weight excluding hydrogens is 320 g/mol. The van der Waals surface area contributed by atoms with Crippen LogP contribution in [0.3, 0.4) is 0 Å². The number of aromatic nitrogens is 2. The van der Waals surface area contributed by atoms with Crippen molar-refractivity contribution >= 4 is 33.4 Å². The third-order valence-electron chi connectivity index (χ3n) is 4.21. The average Bonchev–Trinajstić information content (AvgIpc) is 2.96. The molecule has 120 valence electrons. The van der Waals surface area contributed by atoms with Crippen molar-refractivity contribution in [3.05, 3.63) is 71.5 Å². The Bertz CT molecular complexity index is 1020. The summed E-state index contributed by atoms with van der Waals surface area (Å²) in [4.78, 5) is 4.69. The summed E-state index contributed by atoms with van der Waals surface area (Å²) in [6.45, 7) is 3.37. The molecule has 0 radical (unpaired) electrons. The molecule has 4 aromatic rings. The van der Waals surface area contributed by atoms with Gasteiger partial charge in [0.1, 0.15) is 18.2 Å². The van der Waals surface area contributed by atoms with Crippen LogP contribution in [0.15, 0.2) is 60.7 Å². The third-order valence-corrected chi connectivity index (χ3v) is 4.45. The molecule has 3 aromatic carbocycles. The second-order valence-electron chi connectivity index (χ2n) is 5.67. The zero-order valence-electron chi connectivity index (χ0n) is 13.4. The Morgan fingerprint density at radius 3 is 2.75 bits per heavy atom. The lowest BCUT2D eigenvalue weighted by molar-refractivity contribution is 0.294. The maximum absolute atomic E-state index is 6.09. The largest absolute Gasteiger partial charge is 0.485 e. The van der Waals surface area contributed by atoms with Crippen LogP contribution < -0.4 is 4.74 Å². The van der Waals surface area contributed by atoms with Crippen molar-refractivity contribution < 1.29 is 4.74 Å². The summed E-state index contributed by atoms with van der Waals surface area (Å²) in [7, 11) is 0. The molecule has 4 rings (SSSR count). The van der Waals surface area contributed by atoms with Crippen LogP contribution in [0.25, 0.3) is 21.8 Å². The van der Waals surface area contributed by atoms with E-state index in [1.54, 1.807) is 0 Å². The van der Waals surface area contributed by atoms with E-state index < -0.39 is 0 Å². The molecule has 0 spiro atoms. The minimum absolute atomic E-state index is 0.425. The molecule has 1 heterocycles. The topological polar surface area (TPSA) is 27.1 Å². The van der Waals surface area contributed by atoms with Crippen LogP contribution in [0.1, 0.15) is 12.7 Å². The first-order chi connectivity index (χ1) is 11.8. The van der Waals surface area contributed by atoms with Gasteiger partial charge in [0, 0.05) is 17.0 Å². The van der Waals surface area contributed by atoms with Gasteiger partial charge in [0.15, 0.2) is 0 Å². The summed E-state index contributed by atoms with van der Waals surface area (Å²) >= 11 is 6.08. The lowest BCUT2D eigenvalue weighted by Crippen LogP contribution is -2.06.